The van der Waals surface area contributed by atoms with Gasteiger partial charge in [0.2, 0.25) is 0 Å². The van der Waals surface area contributed by atoms with Crippen LogP contribution in [0.2, 0.25) is 0 Å². The van der Waals surface area contributed by atoms with Crippen LogP contribution in [0.25, 0.3) is 0 Å². The van der Waals surface area contributed by atoms with E-state index in [0.717, 1.165) is 37.9 Å². The molecule has 1 spiro atoms. The van der Waals surface area contributed by atoms with E-state index < -0.39 is 9.84 Å². The zero-order valence-electron chi connectivity index (χ0n) is 11.4. The number of sulfone groups is 1. The molecule has 3 nitrogen and oxygen atoms in total. The van der Waals surface area contributed by atoms with Gasteiger partial charge in [-0.3, -0.25) is 0 Å². The van der Waals surface area contributed by atoms with Crippen molar-refractivity contribution in [1.29, 1.82) is 0 Å². The Labute approximate surface area is 119 Å². The van der Waals surface area contributed by atoms with Crippen LogP contribution in [0.1, 0.15) is 30.7 Å². The van der Waals surface area contributed by atoms with Gasteiger partial charge in [0.1, 0.15) is 15.7 Å². The molecule has 1 N–H and O–H groups in total. The van der Waals surface area contributed by atoms with Gasteiger partial charge >= 0.3 is 0 Å². The fraction of sp³-hybridized carbons (Fsp3) is 0.600. The predicted octanol–water partition coefficient (Wildman–Crippen LogP) is 2.10. The lowest BCUT2D eigenvalue weighted by Gasteiger charge is -2.47. The molecule has 2 saturated heterocycles. The minimum atomic E-state index is -2.85. The van der Waals surface area contributed by atoms with Crippen LogP contribution in [0.15, 0.2) is 24.3 Å². The second-order valence-electron chi connectivity index (χ2n) is 6.07. The summed E-state index contributed by atoms with van der Waals surface area (Å²) in [5, 5.41) is 3.40. The van der Waals surface area contributed by atoms with E-state index in [-0.39, 0.29) is 17.2 Å². The van der Waals surface area contributed by atoms with Gasteiger partial charge in [0.25, 0.3) is 0 Å². The molecule has 110 valence electrons. The van der Waals surface area contributed by atoms with Crippen LogP contribution in [-0.2, 0) is 9.84 Å². The highest BCUT2D eigenvalue weighted by molar-refractivity contribution is 7.91. The van der Waals surface area contributed by atoms with E-state index in [9.17, 15) is 12.8 Å². The average Bonchev–Trinajstić information content (AvgIpc) is 2.44. The van der Waals surface area contributed by atoms with Crippen LogP contribution >= 0.6 is 0 Å². The molecule has 0 amide bonds. The van der Waals surface area contributed by atoms with Crippen molar-refractivity contribution in [3.63, 3.8) is 0 Å². The van der Waals surface area contributed by atoms with Crippen molar-refractivity contribution in [2.75, 3.05) is 24.6 Å². The lowest BCUT2D eigenvalue weighted by molar-refractivity contribution is 0.144. The summed E-state index contributed by atoms with van der Waals surface area (Å²) < 4.78 is 36.5. The van der Waals surface area contributed by atoms with E-state index in [1.165, 1.54) is 12.1 Å². The summed E-state index contributed by atoms with van der Waals surface area (Å²) in [6.07, 6.45) is 2.47. The van der Waals surface area contributed by atoms with Crippen LogP contribution in [0.4, 0.5) is 4.39 Å². The summed E-state index contributed by atoms with van der Waals surface area (Å²) in [6.45, 7) is 1.80. The summed E-state index contributed by atoms with van der Waals surface area (Å²) in [5.74, 6) is 0.653. The van der Waals surface area contributed by atoms with E-state index in [0.29, 0.717) is 11.5 Å². The molecule has 0 bridgehead atoms. The molecule has 1 aromatic rings. The summed E-state index contributed by atoms with van der Waals surface area (Å²) >= 11 is 0. The number of rotatable bonds is 1. The lowest BCUT2D eigenvalue weighted by atomic mass is 9.64. The zero-order chi connectivity index (χ0) is 14.2. The molecule has 0 radical (unpaired) electrons. The van der Waals surface area contributed by atoms with Gasteiger partial charge in [-0.1, -0.05) is 12.1 Å². The van der Waals surface area contributed by atoms with Crippen LogP contribution < -0.4 is 5.32 Å². The Balaban J connectivity index is 1.89. The Morgan fingerprint density at radius 1 is 1.10 bits per heavy atom. The van der Waals surface area contributed by atoms with Gasteiger partial charge in [-0.15, -0.1) is 0 Å². The molecule has 3 rings (SSSR count). The van der Waals surface area contributed by atoms with E-state index >= 15 is 0 Å². The van der Waals surface area contributed by atoms with Gasteiger partial charge in [-0.2, -0.15) is 0 Å². The third kappa shape index (κ3) is 2.61. The fourth-order valence-electron chi connectivity index (χ4n) is 3.68. The third-order valence-electron chi connectivity index (χ3n) is 4.98. The van der Waals surface area contributed by atoms with Gasteiger partial charge < -0.3 is 5.32 Å². The van der Waals surface area contributed by atoms with Crippen molar-refractivity contribution in [2.24, 2.45) is 5.41 Å². The molecule has 0 aromatic heterocycles. The first-order valence-corrected chi connectivity index (χ1v) is 9.00. The Morgan fingerprint density at radius 2 is 1.75 bits per heavy atom. The van der Waals surface area contributed by atoms with Crippen molar-refractivity contribution in [3.05, 3.63) is 35.6 Å². The first kappa shape index (κ1) is 14.0. The molecule has 2 heterocycles. The second-order valence-corrected chi connectivity index (χ2v) is 8.38. The second kappa shape index (κ2) is 5.11. The Hall–Kier alpha value is -0.940. The molecule has 1 atom stereocenters. The highest BCUT2D eigenvalue weighted by atomic mass is 32.2. The van der Waals surface area contributed by atoms with E-state index in [4.69, 9.17) is 0 Å². The zero-order valence-corrected chi connectivity index (χ0v) is 12.3. The lowest BCUT2D eigenvalue weighted by Crippen LogP contribution is -2.47. The number of nitrogens with one attached hydrogen (secondary N) is 1. The van der Waals surface area contributed by atoms with Crippen LogP contribution in [0.5, 0.6) is 0 Å². The molecular formula is C15H20FNO2S. The summed E-state index contributed by atoms with van der Waals surface area (Å²) in [6, 6.07) is 6.68. The molecule has 1 unspecified atom stereocenters. The van der Waals surface area contributed by atoms with Gasteiger partial charge in [0.05, 0.1) is 11.5 Å². The molecule has 2 fully saturated rings. The SMILES string of the molecule is O=S1(=O)CCC2(CCNCC2c2ccc(F)cc2)CC1. The van der Waals surface area contributed by atoms with Crippen LogP contribution in [0, 0.1) is 11.2 Å². The molecule has 2 aliphatic rings. The minimum Gasteiger partial charge on any atom is -0.316 e. The van der Waals surface area contributed by atoms with E-state index in [2.05, 4.69) is 5.32 Å². The first-order chi connectivity index (χ1) is 9.51. The monoisotopic (exact) mass is 297 g/mol. The molecule has 0 saturated carbocycles. The number of piperidine rings is 1. The standard InChI is InChI=1S/C15H20FNO2S/c16-13-3-1-12(2-4-13)14-11-17-8-5-15(14)6-9-20(18,19)10-7-15/h1-4,14,17H,5-11H2. The van der Waals surface area contributed by atoms with E-state index in [1.807, 2.05) is 12.1 Å². The molecule has 20 heavy (non-hydrogen) atoms. The maximum atomic E-state index is 13.1. The maximum absolute atomic E-state index is 13.1. The molecule has 0 aliphatic carbocycles. The largest absolute Gasteiger partial charge is 0.316 e. The highest BCUT2D eigenvalue weighted by Gasteiger charge is 2.45. The quantitative estimate of drug-likeness (QED) is 0.863. The Kier molecular flexibility index (Phi) is 3.58. The van der Waals surface area contributed by atoms with Crippen molar-refractivity contribution in [1.82, 2.24) is 5.32 Å². The summed E-state index contributed by atoms with van der Waals surface area (Å²) in [5.41, 5.74) is 1.19. The van der Waals surface area contributed by atoms with Gasteiger partial charge in [-0.25, -0.2) is 12.8 Å². The molecular weight excluding hydrogens is 277 g/mol. The average molecular weight is 297 g/mol. The summed E-state index contributed by atoms with van der Waals surface area (Å²) in [7, 11) is -2.85. The highest BCUT2D eigenvalue weighted by Crippen LogP contribution is 2.48. The van der Waals surface area contributed by atoms with Crippen molar-refractivity contribution < 1.29 is 12.8 Å². The predicted molar refractivity (Wildman–Crippen MR) is 76.9 cm³/mol. The first-order valence-electron chi connectivity index (χ1n) is 7.17. The van der Waals surface area contributed by atoms with Gasteiger partial charge in [-0.05, 0) is 48.9 Å². The van der Waals surface area contributed by atoms with Gasteiger partial charge in [0.15, 0.2) is 0 Å². The number of hydrogen-bond donors (Lipinski definition) is 1. The maximum Gasteiger partial charge on any atom is 0.150 e. The van der Waals surface area contributed by atoms with Gasteiger partial charge in [0, 0.05) is 12.5 Å². The van der Waals surface area contributed by atoms with Crippen molar-refractivity contribution >= 4 is 9.84 Å². The number of hydrogen-bond acceptors (Lipinski definition) is 3. The molecule has 5 heteroatoms. The smallest absolute Gasteiger partial charge is 0.150 e. The third-order valence-corrected chi connectivity index (χ3v) is 6.63. The van der Waals surface area contributed by atoms with Crippen LogP contribution in [0.3, 0.4) is 0 Å². The number of benzene rings is 1. The Morgan fingerprint density at radius 3 is 2.40 bits per heavy atom. The number of halogens is 1. The van der Waals surface area contributed by atoms with Crippen molar-refractivity contribution in [2.45, 2.75) is 25.2 Å². The topological polar surface area (TPSA) is 46.2 Å². The summed E-state index contributed by atoms with van der Waals surface area (Å²) in [4.78, 5) is 0. The fourth-order valence-corrected chi connectivity index (χ4v) is 5.32. The van der Waals surface area contributed by atoms with Crippen molar-refractivity contribution in [3.8, 4) is 0 Å². The normalized spacial score (nSPS) is 28.4. The Bertz CT molecular complexity index is 568. The molecule has 1 aromatic carbocycles. The van der Waals surface area contributed by atoms with Crippen LogP contribution in [-0.4, -0.2) is 33.0 Å². The van der Waals surface area contributed by atoms with E-state index in [1.54, 1.807) is 0 Å². The molecule has 2 aliphatic heterocycles. The minimum absolute atomic E-state index is 0.0639.